The molecule has 0 spiro atoms. The quantitative estimate of drug-likeness (QED) is 0.212. The van der Waals surface area contributed by atoms with Crippen molar-refractivity contribution in [3.8, 4) is 0 Å². The number of aliphatic carboxylic acids is 1. The van der Waals surface area contributed by atoms with E-state index >= 15 is 0 Å². The number of hydrogen-bond acceptors (Lipinski definition) is 5. The molecule has 0 aliphatic heterocycles. The highest BCUT2D eigenvalue weighted by molar-refractivity contribution is 9.10. The van der Waals surface area contributed by atoms with E-state index < -0.39 is 21.9 Å². The van der Waals surface area contributed by atoms with E-state index in [2.05, 4.69) is 20.9 Å². The summed E-state index contributed by atoms with van der Waals surface area (Å²) in [5, 5.41) is 10.0. The van der Waals surface area contributed by atoms with Crippen LogP contribution in [0.4, 0.5) is 0 Å². The molecule has 0 unspecified atom stereocenters. The summed E-state index contributed by atoms with van der Waals surface area (Å²) in [5.74, 6) is -1.55. The summed E-state index contributed by atoms with van der Waals surface area (Å²) < 4.78 is 29.0. The van der Waals surface area contributed by atoms with E-state index in [0.29, 0.717) is 45.5 Å². The average molecular weight is 555 g/mol. The van der Waals surface area contributed by atoms with Crippen molar-refractivity contribution in [3.63, 3.8) is 0 Å². The number of halogens is 1. The van der Waals surface area contributed by atoms with Crippen molar-refractivity contribution in [1.29, 1.82) is 0 Å². The fraction of sp³-hybridized carbons (Fsp3) is 0.192. The molecule has 1 heterocycles. The fourth-order valence-electron chi connectivity index (χ4n) is 3.97. The molecule has 0 aliphatic carbocycles. The lowest BCUT2D eigenvalue weighted by Gasteiger charge is -2.24. The topological polar surface area (TPSA) is 105 Å². The van der Waals surface area contributed by atoms with E-state index in [-0.39, 0.29) is 23.4 Å². The molecular weight excluding hydrogens is 532 g/mol. The zero-order valence-corrected chi connectivity index (χ0v) is 21.1. The first-order valence-electron chi connectivity index (χ1n) is 11.1. The molecule has 180 valence electrons. The van der Waals surface area contributed by atoms with E-state index in [4.69, 9.17) is 5.11 Å². The molecule has 0 atom stereocenters. The minimum Gasteiger partial charge on any atom is -0.481 e. The number of carboxylic acids is 1. The van der Waals surface area contributed by atoms with Gasteiger partial charge in [-0.25, -0.2) is 17.7 Å². The predicted molar refractivity (Wildman–Crippen MR) is 138 cm³/mol. The molecule has 0 saturated heterocycles. The first-order valence-corrected chi connectivity index (χ1v) is 13.3. The van der Waals surface area contributed by atoms with Gasteiger partial charge in [0.25, 0.3) is 15.9 Å². The smallest absolute Gasteiger partial charge is 0.303 e. The summed E-state index contributed by atoms with van der Waals surface area (Å²) in [5.41, 5.74) is 1.46. The first kappa shape index (κ1) is 24.8. The number of hydrogen-bond donors (Lipinski definition) is 1. The first-order chi connectivity index (χ1) is 16.8. The number of unbranched alkanes of at least 4 members (excludes halogenated alkanes) is 2. The van der Waals surface area contributed by atoms with Crippen LogP contribution in [0.15, 0.2) is 82.2 Å². The number of sulfonamides is 1. The van der Waals surface area contributed by atoms with Crippen molar-refractivity contribution in [3.05, 3.63) is 82.8 Å². The molecule has 0 saturated carbocycles. The largest absolute Gasteiger partial charge is 0.481 e. The number of benzene rings is 3. The number of para-hydroxylation sites is 2. The normalized spacial score (nSPS) is 11.6. The highest BCUT2D eigenvalue weighted by Gasteiger charge is 2.32. The summed E-state index contributed by atoms with van der Waals surface area (Å²) in [7, 11) is -4.18. The predicted octanol–water partition coefficient (Wildman–Crippen LogP) is 5.63. The maximum Gasteiger partial charge on any atom is 0.303 e. The monoisotopic (exact) mass is 554 g/mol. The van der Waals surface area contributed by atoms with Crippen molar-refractivity contribution in [2.75, 3.05) is 6.54 Å². The Morgan fingerprint density at radius 2 is 1.40 bits per heavy atom. The molecule has 0 bridgehead atoms. The van der Waals surface area contributed by atoms with Crippen LogP contribution >= 0.6 is 15.9 Å². The Balaban J connectivity index is 1.81. The SMILES string of the molecule is O=C(O)CCCCCN(C(=O)c1c2ccccc2nc2ccccc12)S(=O)(=O)c1ccc(Br)cc1. The van der Waals surface area contributed by atoms with Crippen molar-refractivity contribution in [1.82, 2.24) is 9.29 Å². The molecule has 7 nitrogen and oxygen atoms in total. The standard InChI is InChI=1S/C26H23BrN2O5S/c27-18-13-15-19(16-14-18)35(33,34)29(17-7-1-2-12-24(30)31)26(32)25-20-8-3-5-10-22(20)28-23-11-6-4-9-21(23)25/h3-6,8-11,13-16H,1-2,7,12,17H2,(H,30,31). The number of carbonyl (C=O) groups is 2. The van der Waals surface area contributed by atoms with Gasteiger partial charge in [-0.05, 0) is 49.2 Å². The number of carboxylic acid groups (broad SMARTS) is 1. The molecule has 0 radical (unpaired) electrons. The highest BCUT2D eigenvalue weighted by atomic mass is 79.9. The van der Waals surface area contributed by atoms with E-state index in [1.54, 1.807) is 48.5 Å². The number of fused-ring (bicyclic) bond motifs is 2. The third kappa shape index (κ3) is 5.36. The van der Waals surface area contributed by atoms with Crippen molar-refractivity contribution >= 4 is 59.6 Å². The third-order valence-electron chi connectivity index (χ3n) is 5.68. The molecule has 3 aromatic carbocycles. The summed E-state index contributed by atoms with van der Waals surface area (Å²) in [6, 6.07) is 20.4. The van der Waals surface area contributed by atoms with Crippen LogP contribution in [-0.2, 0) is 14.8 Å². The van der Waals surface area contributed by atoms with Gasteiger partial charge in [-0.15, -0.1) is 0 Å². The molecule has 9 heteroatoms. The van der Waals surface area contributed by atoms with Gasteiger partial charge >= 0.3 is 5.97 Å². The number of nitrogens with zero attached hydrogens (tertiary/aromatic N) is 2. The maximum absolute atomic E-state index is 14.0. The molecular formula is C26H23BrN2O5S. The zero-order chi connectivity index (χ0) is 25.0. The maximum atomic E-state index is 14.0. The summed E-state index contributed by atoms with van der Waals surface area (Å²) in [4.78, 5) is 29.5. The second kappa shape index (κ2) is 10.5. The summed E-state index contributed by atoms with van der Waals surface area (Å²) in [6.07, 6.45) is 1.21. The Morgan fingerprint density at radius 3 is 1.97 bits per heavy atom. The second-order valence-corrected chi connectivity index (χ2v) is 10.8. The molecule has 1 N–H and O–H groups in total. The van der Waals surface area contributed by atoms with E-state index in [1.165, 1.54) is 12.1 Å². The van der Waals surface area contributed by atoms with Gasteiger partial charge in [0, 0.05) is 28.2 Å². The van der Waals surface area contributed by atoms with Gasteiger partial charge in [-0.3, -0.25) is 9.59 Å². The minimum absolute atomic E-state index is 0.00209. The number of rotatable bonds is 9. The minimum atomic E-state index is -4.18. The zero-order valence-electron chi connectivity index (χ0n) is 18.7. The molecule has 0 fully saturated rings. The van der Waals surface area contributed by atoms with Crippen molar-refractivity contribution in [2.45, 2.75) is 30.6 Å². The van der Waals surface area contributed by atoms with Crippen LogP contribution in [0.25, 0.3) is 21.8 Å². The van der Waals surface area contributed by atoms with Gasteiger partial charge in [-0.1, -0.05) is 58.7 Å². The molecule has 4 rings (SSSR count). The van der Waals surface area contributed by atoms with Crippen LogP contribution in [0.2, 0.25) is 0 Å². The molecule has 4 aromatic rings. The third-order valence-corrected chi connectivity index (χ3v) is 8.01. The van der Waals surface area contributed by atoms with Crippen LogP contribution in [0.1, 0.15) is 36.0 Å². The van der Waals surface area contributed by atoms with Crippen LogP contribution in [0, 0.1) is 0 Å². The van der Waals surface area contributed by atoms with Crippen LogP contribution < -0.4 is 0 Å². The van der Waals surface area contributed by atoms with Gasteiger partial charge in [0.1, 0.15) is 0 Å². The van der Waals surface area contributed by atoms with Gasteiger partial charge in [-0.2, -0.15) is 0 Å². The number of pyridine rings is 1. The van der Waals surface area contributed by atoms with Gasteiger partial charge in [0.2, 0.25) is 0 Å². The number of amides is 1. The summed E-state index contributed by atoms with van der Waals surface area (Å²) >= 11 is 3.31. The van der Waals surface area contributed by atoms with Crippen LogP contribution in [0.5, 0.6) is 0 Å². The average Bonchev–Trinajstić information content (AvgIpc) is 2.84. The van der Waals surface area contributed by atoms with Crippen LogP contribution in [-0.4, -0.2) is 41.2 Å². The Bertz CT molecular complexity index is 1450. The molecule has 0 aliphatic rings. The lowest BCUT2D eigenvalue weighted by Crippen LogP contribution is -2.38. The fourth-order valence-corrected chi connectivity index (χ4v) is 5.65. The number of aromatic nitrogens is 1. The number of carbonyl (C=O) groups excluding carboxylic acids is 1. The lowest BCUT2D eigenvalue weighted by atomic mass is 10.0. The van der Waals surface area contributed by atoms with Crippen LogP contribution in [0.3, 0.4) is 0 Å². The Hall–Kier alpha value is -3.30. The molecule has 35 heavy (non-hydrogen) atoms. The van der Waals surface area contributed by atoms with Gasteiger partial charge < -0.3 is 5.11 Å². The Morgan fingerprint density at radius 1 is 0.829 bits per heavy atom. The lowest BCUT2D eigenvalue weighted by molar-refractivity contribution is -0.137. The van der Waals surface area contributed by atoms with E-state index in [0.717, 1.165) is 4.31 Å². The molecule has 1 amide bonds. The highest BCUT2D eigenvalue weighted by Crippen LogP contribution is 2.30. The second-order valence-electron chi connectivity index (χ2n) is 8.06. The van der Waals surface area contributed by atoms with E-state index in [1.807, 2.05) is 12.1 Å². The van der Waals surface area contributed by atoms with Crippen molar-refractivity contribution < 1.29 is 23.1 Å². The van der Waals surface area contributed by atoms with E-state index in [9.17, 15) is 18.0 Å². The summed E-state index contributed by atoms with van der Waals surface area (Å²) in [6.45, 7) is -0.0676. The molecule has 1 aromatic heterocycles. The van der Waals surface area contributed by atoms with Gasteiger partial charge in [0.05, 0.1) is 21.5 Å². The Kier molecular flexibility index (Phi) is 7.47. The van der Waals surface area contributed by atoms with Crippen molar-refractivity contribution in [2.24, 2.45) is 0 Å². The van der Waals surface area contributed by atoms with Gasteiger partial charge in [0.15, 0.2) is 0 Å². The Labute approximate surface area is 211 Å².